The fraction of sp³-hybridized carbons (Fsp3) is 0.364. The minimum absolute atomic E-state index is 0.851. The van der Waals surface area contributed by atoms with E-state index in [1.54, 1.807) is 0 Å². The molecule has 1 aliphatic carbocycles. The molecule has 0 radical (unpaired) electrons. The van der Waals surface area contributed by atoms with E-state index in [2.05, 4.69) is 43.1 Å². The maximum Gasteiger partial charge on any atom is 0.0643 e. The van der Waals surface area contributed by atoms with Crippen LogP contribution < -0.4 is 0 Å². The zero-order valence-corrected chi connectivity index (χ0v) is 7.96. The molecule has 0 N–H and O–H groups in total. The van der Waals surface area contributed by atoms with Crippen LogP contribution in [-0.4, -0.2) is 12.3 Å². The largest absolute Gasteiger partial charge is 0.285 e. The lowest BCUT2D eigenvalue weighted by atomic mass is 10.0. The van der Waals surface area contributed by atoms with Gasteiger partial charge in [0, 0.05) is 6.54 Å². The summed E-state index contributed by atoms with van der Waals surface area (Å²) in [6.45, 7) is 7.05. The summed E-state index contributed by atoms with van der Waals surface area (Å²) in [7, 11) is 0. The smallest absolute Gasteiger partial charge is 0.0643 e. The first-order chi connectivity index (χ1) is 5.77. The van der Waals surface area contributed by atoms with Crippen molar-refractivity contribution in [2.45, 2.75) is 20.8 Å². The quantitative estimate of drug-likeness (QED) is 0.560. The van der Waals surface area contributed by atoms with Gasteiger partial charge in [-0.3, -0.25) is 4.99 Å². The Morgan fingerprint density at radius 3 is 2.75 bits per heavy atom. The predicted octanol–water partition coefficient (Wildman–Crippen LogP) is 2.91. The van der Waals surface area contributed by atoms with E-state index in [4.69, 9.17) is 0 Å². The normalized spacial score (nSPS) is 23.4. The Labute approximate surface area is 74.2 Å². The Hall–Kier alpha value is -1.11. The number of hydrogen-bond acceptors (Lipinski definition) is 1. The number of rotatable bonds is 1. The summed E-state index contributed by atoms with van der Waals surface area (Å²) in [6, 6.07) is 0. The molecule has 12 heavy (non-hydrogen) atoms. The van der Waals surface area contributed by atoms with Crippen LogP contribution in [0.3, 0.4) is 0 Å². The highest BCUT2D eigenvalue weighted by atomic mass is 14.7. The van der Waals surface area contributed by atoms with Crippen LogP contribution in [0.2, 0.25) is 0 Å². The van der Waals surface area contributed by atoms with Gasteiger partial charge in [-0.25, -0.2) is 0 Å². The molecule has 0 aliphatic heterocycles. The summed E-state index contributed by atoms with van der Waals surface area (Å²) < 4.78 is 0. The molecule has 0 spiro atoms. The molecule has 1 aliphatic rings. The van der Waals surface area contributed by atoms with Crippen LogP contribution in [0.1, 0.15) is 20.8 Å². The number of allylic oxidation sites excluding steroid dienone is 6. The Bertz CT molecular complexity index is 277. The van der Waals surface area contributed by atoms with Gasteiger partial charge in [-0.15, -0.1) is 0 Å². The average molecular weight is 161 g/mol. The molecule has 0 saturated carbocycles. The Balaban J connectivity index is 2.96. The molecule has 0 bridgehead atoms. The van der Waals surface area contributed by atoms with Crippen molar-refractivity contribution in [1.29, 1.82) is 0 Å². The summed E-state index contributed by atoms with van der Waals surface area (Å²) in [5.41, 5.74) is 3.63. The third-order valence-electron chi connectivity index (χ3n) is 1.82. The van der Waals surface area contributed by atoms with Gasteiger partial charge in [0.25, 0.3) is 0 Å². The van der Waals surface area contributed by atoms with Gasteiger partial charge >= 0.3 is 0 Å². The second kappa shape index (κ2) is 4.05. The van der Waals surface area contributed by atoms with E-state index in [0.717, 1.165) is 12.3 Å². The SMILES string of the molecule is C/C=C1/C=C(C)C=CC1=NCC. The zero-order valence-electron chi connectivity index (χ0n) is 7.96. The lowest BCUT2D eigenvalue weighted by Gasteiger charge is -2.08. The van der Waals surface area contributed by atoms with Crippen molar-refractivity contribution in [3.05, 3.63) is 35.5 Å². The maximum absolute atomic E-state index is 4.39. The summed E-state index contributed by atoms with van der Waals surface area (Å²) in [6.07, 6.45) is 8.44. The third-order valence-corrected chi connectivity index (χ3v) is 1.82. The third kappa shape index (κ3) is 1.94. The second-order valence-electron chi connectivity index (χ2n) is 2.83. The molecule has 1 nitrogen and oxygen atoms in total. The van der Waals surface area contributed by atoms with Crippen molar-refractivity contribution < 1.29 is 0 Å². The van der Waals surface area contributed by atoms with Crippen LogP contribution in [-0.2, 0) is 0 Å². The molecule has 0 atom stereocenters. The maximum atomic E-state index is 4.39. The average Bonchev–Trinajstić information content (AvgIpc) is 2.08. The van der Waals surface area contributed by atoms with Crippen LogP contribution in [0.5, 0.6) is 0 Å². The molecule has 0 aromatic heterocycles. The molecular formula is C11H15N. The van der Waals surface area contributed by atoms with E-state index in [-0.39, 0.29) is 0 Å². The summed E-state index contributed by atoms with van der Waals surface area (Å²) in [4.78, 5) is 4.39. The van der Waals surface area contributed by atoms with Crippen molar-refractivity contribution in [2.24, 2.45) is 4.99 Å². The highest BCUT2D eigenvalue weighted by molar-refractivity contribution is 6.11. The minimum Gasteiger partial charge on any atom is -0.285 e. The van der Waals surface area contributed by atoms with Gasteiger partial charge in [-0.1, -0.05) is 23.8 Å². The highest BCUT2D eigenvalue weighted by Gasteiger charge is 2.03. The Kier molecular flexibility index (Phi) is 3.03. The van der Waals surface area contributed by atoms with Gasteiger partial charge in [0.1, 0.15) is 0 Å². The van der Waals surface area contributed by atoms with Gasteiger partial charge in [-0.05, 0) is 32.4 Å². The molecule has 0 aromatic rings. The molecule has 1 heteroatoms. The van der Waals surface area contributed by atoms with E-state index >= 15 is 0 Å². The standard InChI is InChI=1S/C11H15N/c1-4-10-8-9(3)6-7-11(10)12-5-2/h4,6-8H,5H2,1-3H3/b10-4-,12-11?. The molecule has 0 aromatic carbocycles. The van der Waals surface area contributed by atoms with Gasteiger partial charge in [-0.2, -0.15) is 0 Å². The first-order valence-electron chi connectivity index (χ1n) is 4.35. The van der Waals surface area contributed by atoms with E-state index < -0.39 is 0 Å². The highest BCUT2D eigenvalue weighted by Crippen LogP contribution is 2.13. The van der Waals surface area contributed by atoms with Gasteiger partial charge < -0.3 is 0 Å². The van der Waals surface area contributed by atoms with Crippen LogP contribution >= 0.6 is 0 Å². The minimum atomic E-state index is 0.851. The summed E-state index contributed by atoms with van der Waals surface area (Å²) >= 11 is 0. The molecule has 0 saturated heterocycles. The molecule has 64 valence electrons. The van der Waals surface area contributed by atoms with E-state index in [1.165, 1.54) is 11.1 Å². The van der Waals surface area contributed by atoms with Crippen LogP contribution in [0.15, 0.2) is 40.4 Å². The lowest BCUT2D eigenvalue weighted by Crippen LogP contribution is -2.02. The second-order valence-corrected chi connectivity index (χ2v) is 2.83. The van der Waals surface area contributed by atoms with Crippen molar-refractivity contribution in [2.75, 3.05) is 6.54 Å². The molecule has 0 unspecified atom stereocenters. The first kappa shape index (κ1) is 8.98. The Morgan fingerprint density at radius 2 is 2.17 bits per heavy atom. The molecule has 0 heterocycles. The van der Waals surface area contributed by atoms with Crippen molar-refractivity contribution >= 4 is 5.71 Å². The van der Waals surface area contributed by atoms with Crippen LogP contribution in [0.4, 0.5) is 0 Å². The van der Waals surface area contributed by atoms with Gasteiger partial charge in [0.05, 0.1) is 5.71 Å². The fourth-order valence-electron chi connectivity index (χ4n) is 1.22. The summed E-state index contributed by atoms with van der Waals surface area (Å²) in [5.74, 6) is 0. The van der Waals surface area contributed by atoms with E-state index in [1.807, 2.05) is 6.92 Å². The molecular weight excluding hydrogens is 146 g/mol. The molecule has 0 fully saturated rings. The number of nitrogens with zero attached hydrogens (tertiary/aromatic N) is 1. The lowest BCUT2D eigenvalue weighted by molar-refractivity contribution is 1.13. The van der Waals surface area contributed by atoms with Crippen molar-refractivity contribution in [1.82, 2.24) is 0 Å². The van der Waals surface area contributed by atoms with Crippen LogP contribution in [0, 0.1) is 0 Å². The monoisotopic (exact) mass is 161 g/mol. The first-order valence-corrected chi connectivity index (χ1v) is 4.35. The van der Waals surface area contributed by atoms with Gasteiger partial charge in [0.15, 0.2) is 0 Å². The Morgan fingerprint density at radius 1 is 1.42 bits per heavy atom. The number of aliphatic imine (C=N–C) groups is 1. The van der Waals surface area contributed by atoms with E-state index in [0.29, 0.717) is 0 Å². The zero-order chi connectivity index (χ0) is 8.97. The predicted molar refractivity (Wildman–Crippen MR) is 54.6 cm³/mol. The molecule has 0 amide bonds. The number of hydrogen-bond donors (Lipinski definition) is 0. The van der Waals surface area contributed by atoms with Crippen molar-refractivity contribution in [3.8, 4) is 0 Å². The topological polar surface area (TPSA) is 12.4 Å². The van der Waals surface area contributed by atoms with Gasteiger partial charge in [0.2, 0.25) is 0 Å². The van der Waals surface area contributed by atoms with Crippen molar-refractivity contribution in [3.63, 3.8) is 0 Å². The summed E-state index contributed by atoms with van der Waals surface area (Å²) in [5, 5.41) is 0. The fourth-order valence-corrected chi connectivity index (χ4v) is 1.22. The van der Waals surface area contributed by atoms with Crippen LogP contribution in [0.25, 0.3) is 0 Å². The molecule has 1 rings (SSSR count). The van der Waals surface area contributed by atoms with E-state index in [9.17, 15) is 0 Å².